The van der Waals surface area contributed by atoms with Gasteiger partial charge in [0.2, 0.25) is 0 Å². The van der Waals surface area contributed by atoms with Crippen molar-refractivity contribution in [3.63, 3.8) is 0 Å². The Hall–Kier alpha value is -3.24. The van der Waals surface area contributed by atoms with Crippen molar-refractivity contribution in [1.82, 2.24) is 15.3 Å². The molecule has 0 spiro atoms. The van der Waals surface area contributed by atoms with Gasteiger partial charge >= 0.3 is 0 Å². The molecule has 4 rings (SSSR count). The Kier molecular flexibility index (Phi) is 10.1. The first kappa shape index (κ1) is 28.8. The van der Waals surface area contributed by atoms with Gasteiger partial charge in [-0.15, -0.1) is 0 Å². The fourth-order valence-electron chi connectivity index (χ4n) is 4.20. The van der Waals surface area contributed by atoms with E-state index in [1.54, 1.807) is 7.11 Å². The Morgan fingerprint density at radius 1 is 0.974 bits per heavy atom. The number of thioether (sulfide) groups is 1. The van der Waals surface area contributed by atoms with Gasteiger partial charge in [0.05, 0.1) is 24.8 Å². The monoisotopic (exact) mass is 570 g/mol. The third-order valence-electron chi connectivity index (χ3n) is 6.07. The minimum Gasteiger partial charge on any atom is -0.497 e. The lowest BCUT2D eigenvalue weighted by Crippen LogP contribution is -2.42. The van der Waals surface area contributed by atoms with Gasteiger partial charge in [0.15, 0.2) is 5.16 Å². The van der Waals surface area contributed by atoms with Crippen LogP contribution in [0.4, 0.5) is 14.6 Å². The fourth-order valence-corrected chi connectivity index (χ4v) is 4.90. The van der Waals surface area contributed by atoms with Crippen LogP contribution in [0.25, 0.3) is 11.1 Å². The molecule has 0 fully saturated rings. The average Bonchev–Trinajstić information content (AvgIpc) is 2.92. The molecule has 2 unspecified atom stereocenters. The van der Waals surface area contributed by atoms with Gasteiger partial charge in [-0.05, 0) is 53.6 Å². The number of nitrogens with one attached hydrogen (secondary N) is 2. The molecular formula is C29H29ClF2N4O2S. The Morgan fingerprint density at radius 2 is 1.72 bits per heavy atom. The van der Waals surface area contributed by atoms with Crippen LogP contribution in [0.1, 0.15) is 11.1 Å². The number of hydrogen-bond acceptors (Lipinski definition) is 7. The minimum atomic E-state index is -0.961. The Bertz CT molecular complexity index is 1380. The lowest BCUT2D eigenvalue weighted by Gasteiger charge is -2.27. The maximum Gasteiger partial charge on any atom is 0.190 e. The van der Waals surface area contributed by atoms with Gasteiger partial charge in [-0.25, -0.2) is 18.7 Å². The quantitative estimate of drug-likeness (QED) is 0.110. The summed E-state index contributed by atoms with van der Waals surface area (Å²) in [5, 5.41) is 18.6. The van der Waals surface area contributed by atoms with Crippen molar-refractivity contribution in [1.29, 1.82) is 0 Å². The number of halogens is 3. The summed E-state index contributed by atoms with van der Waals surface area (Å²) in [4.78, 5) is 9.02. The zero-order valence-corrected chi connectivity index (χ0v) is 23.1. The van der Waals surface area contributed by atoms with E-state index in [0.717, 1.165) is 22.9 Å². The third-order valence-corrected chi connectivity index (χ3v) is 6.89. The van der Waals surface area contributed by atoms with Crippen LogP contribution in [0, 0.1) is 11.6 Å². The Labute approximate surface area is 235 Å². The molecule has 0 aliphatic heterocycles. The van der Waals surface area contributed by atoms with Gasteiger partial charge in [-0.3, -0.25) is 0 Å². The molecule has 3 aromatic carbocycles. The molecule has 39 heavy (non-hydrogen) atoms. The first-order chi connectivity index (χ1) is 18.9. The topological polar surface area (TPSA) is 79.3 Å². The van der Waals surface area contributed by atoms with Crippen LogP contribution in [0.2, 0.25) is 5.15 Å². The van der Waals surface area contributed by atoms with Gasteiger partial charge in [0.1, 0.15) is 28.4 Å². The van der Waals surface area contributed by atoms with Crippen molar-refractivity contribution in [2.45, 2.75) is 30.3 Å². The number of anilines is 1. The van der Waals surface area contributed by atoms with Crippen LogP contribution in [0.15, 0.2) is 78.0 Å². The predicted molar refractivity (Wildman–Crippen MR) is 152 cm³/mol. The molecule has 1 aromatic heterocycles. The zero-order valence-electron chi connectivity index (χ0n) is 21.5. The van der Waals surface area contributed by atoms with E-state index in [1.165, 1.54) is 23.9 Å². The van der Waals surface area contributed by atoms with Crippen LogP contribution in [-0.4, -0.2) is 47.1 Å². The maximum atomic E-state index is 14.0. The number of methoxy groups -OCH3 is 1. The summed E-state index contributed by atoms with van der Waals surface area (Å²) in [6.07, 6.45) is 1.00. The largest absolute Gasteiger partial charge is 0.497 e. The number of rotatable bonds is 12. The highest BCUT2D eigenvalue weighted by Crippen LogP contribution is 2.34. The molecule has 10 heteroatoms. The van der Waals surface area contributed by atoms with E-state index in [9.17, 15) is 13.9 Å². The van der Waals surface area contributed by atoms with E-state index in [1.807, 2.05) is 60.9 Å². The second-order valence-electron chi connectivity index (χ2n) is 8.87. The van der Waals surface area contributed by atoms with E-state index in [-0.39, 0.29) is 18.1 Å². The van der Waals surface area contributed by atoms with E-state index in [2.05, 4.69) is 20.6 Å². The molecule has 6 nitrogen and oxygen atoms in total. The van der Waals surface area contributed by atoms with Crippen molar-refractivity contribution in [3.8, 4) is 16.9 Å². The summed E-state index contributed by atoms with van der Waals surface area (Å²) < 4.78 is 33.3. The Morgan fingerprint density at radius 3 is 2.41 bits per heavy atom. The number of nitrogens with zero attached hydrogens (tertiary/aromatic N) is 2. The standard InChI is InChI=1S/C29H29ClF2N4O2S/c1-38-23-10-6-7-18(13-23)16-33-17-25(37)24(14-19-11-21(31)15-22(32)12-19)34-28-26(20-8-4-3-5-9-20)27(30)35-29(36-28)39-2/h3-13,15,24-25,33,37H,14,16-17H2,1-2H3,(H,34,35,36). The van der Waals surface area contributed by atoms with Crippen LogP contribution >= 0.6 is 23.4 Å². The van der Waals surface area contributed by atoms with Gasteiger partial charge in [0.25, 0.3) is 0 Å². The maximum absolute atomic E-state index is 14.0. The normalized spacial score (nSPS) is 12.7. The lowest BCUT2D eigenvalue weighted by atomic mass is 9.99. The predicted octanol–water partition coefficient (Wildman–Crippen LogP) is 5.98. The number of ether oxygens (including phenoxy) is 1. The van der Waals surface area contributed by atoms with Gasteiger partial charge in [-0.1, -0.05) is 65.8 Å². The summed E-state index contributed by atoms with van der Waals surface area (Å²) >= 11 is 7.93. The van der Waals surface area contributed by atoms with E-state index in [4.69, 9.17) is 16.3 Å². The molecule has 204 valence electrons. The van der Waals surface area contributed by atoms with Crippen molar-refractivity contribution in [2.75, 3.05) is 25.2 Å². The van der Waals surface area contributed by atoms with Gasteiger partial charge in [0, 0.05) is 19.2 Å². The second kappa shape index (κ2) is 13.7. The van der Waals surface area contributed by atoms with Crippen LogP contribution in [-0.2, 0) is 13.0 Å². The number of aliphatic hydroxyl groups is 1. The molecular weight excluding hydrogens is 542 g/mol. The number of aromatic nitrogens is 2. The Balaban J connectivity index is 1.62. The highest BCUT2D eigenvalue weighted by atomic mass is 35.5. The van der Waals surface area contributed by atoms with Crippen LogP contribution < -0.4 is 15.4 Å². The number of aliphatic hydroxyl groups excluding tert-OH is 1. The summed E-state index contributed by atoms with van der Waals surface area (Å²) in [6, 6.07) is 19.7. The molecule has 4 aromatic rings. The SMILES string of the molecule is COc1cccc(CNCC(O)C(Cc2cc(F)cc(F)c2)Nc2nc(SC)nc(Cl)c2-c2ccccc2)c1. The van der Waals surface area contributed by atoms with Crippen molar-refractivity contribution in [3.05, 3.63) is 101 Å². The lowest BCUT2D eigenvalue weighted by molar-refractivity contribution is 0.148. The fraction of sp³-hybridized carbons (Fsp3) is 0.241. The molecule has 0 saturated heterocycles. The average molecular weight is 571 g/mol. The van der Waals surface area contributed by atoms with Crippen molar-refractivity contribution in [2.24, 2.45) is 0 Å². The highest BCUT2D eigenvalue weighted by Gasteiger charge is 2.24. The summed E-state index contributed by atoms with van der Waals surface area (Å²) in [7, 11) is 1.60. The molecule has 0 bridgehead atoms. The molecule has 3 N–H and O–H groups in total. The minimum absolute atomic E-state index is 0.126. The van der Waals surface area contributed by atoms with Crippen LogP contribution in [0.3, 0.4) is 0 Å². The third kappa shape index (κ3) is 7.89. The van der Waals surface area contributed by atoms with E-state index < -0.39 is 23.8 Å². The molecule has 1 heterocycles. The summed E-state index contributed by atoms with van der Waals surface area (Å²) in [6.45, 7) is 0.683. The van der Waals surface area contributed by atoms with E-state index >= 15 is 0 Å². The van der Waals surface area contributed by atoms with Gasteiger partial charge < -0.3 is 20.5 Å². The van der Waals surface area contributed by atoms with Crippen LogP contribution in [0.5, 0.6) is 5.75 Å². The first-order valence-electron chi connectivity index (χ1n) is 12.3. The number of hydrogen-bond donors (Lipinski definition) is 3. The van der Waals surface area contributed by atoms with E-state index in [0.29, 0.717) is 28.6 Å². The summed E-state index contributed by atoms with van der Waals surface area (Å²) in [5.74, 6) is -0.219. The highest BCUT2D eigenvalue weighted by molar-refractivity contribution is 7.98. The van der Waals surface area contributed by atoms with Crippen molar-refractivity contribution >= 4 is 29.2 Å². The molecule has 0 aliphatic rings. The molecule has 0 saturated carbocycles. The van der Waals surface area contributed by atoms with Gasteiger partial charge in [-0.2, -0.15) is 0 Å². The molecule has 2 atom stereocenters. The van der Waals surface area contributed by atoms with Crippen molar-refractivity contribution < 1.29 is 18.6 Å². The molecule has 0 aliphatic carbocycles. The second-order valence-corrected chi connectivity index (χ2v) is 10.0. The first-order valence-corrected chi connectivity index (χ1v) is 13.9. The zero-order chi connectivity index (χ0) is 27.8. The number of benzene rings is 3. The molecule has 0 amide bonds. The summed E-state index contributed by atoms with van der Waals surface area (Å²) in [5.41, 5.74) is 2.74. The smallest absolute Gasteiger partial charge is 0.190 e. The molecule has 0 radical (unpaired) electrons.